The SMILES string of the molecule is CC(C)n1cnc2c(NCc3ccc(-c4ccccc4)cc3)nc(NCc3ccco3)nc21. The lowest BCUT2D eigenvalue weighted by Gasteiger charge is -2.12. The Morgan fingerprint density at radius 3 is 2.36 bits per heavy atom. The summed E-state index contributed by atoms with van der Waals surface area (Å²) in [6.07, 6.45) is 3.48. The number of fused-ring (bicyclic) bond motifs is 1. The van der Waals surface area contributed by atoms with Gasteiger partial charge < -0.3 is 19.6 Å². The second kappa shape index (κ2) is 9.16. The molecule has 2 N–H and O–H groups in total. The molecule has 0 aliphatic carbocycles. The molecule has 0 bridgehead atoms. The number of nitrogens with one attached hydrogen (secondary N) is 2. The van der Waals surface area contributed by atoms with Crippen molar-refractivity contribution in [2.45, 2.75) is 33.0 Å². The van der Waals surface area contributed by atoms with Crippen LogP contribution in [0.25, 0.3) is 22.3 Å². The minimum atomic E-state index is 0.237. The fourth-order valence-electron chi connectivity index (χ4n) is 3.71. The molecule has 0 spiro atoms. The van der Waals surface area contributed by atoms with Crippen molar-refractivity contribution < 1.29 is 4.42 Å². The third-order valence-electron chi connectivity index (χ3n) is 5.50. The largest absolute Gasteiger partial charge is 0.467 e. The van der Waals surface area contributed by atoms with Gasteiger partial charge in [0.2, 0.25) is 5.95 Å². The van der Waals surface area contributed by atoms with Crippen LogP contribution in [0.2, 0.25) is 0 Å². The molecule has 0 fully saturated rings. The molecule has 3 heterocycles. The van der Waals surface area contributed by atoms with Crippen molar-refractivity contribution in [1.82, 2.24) is 19.5 Å². The van der Waals surface area contributed by atoms with Crippen molar-refractivity contribution in [2.75, 3.05) is 10.6 Å². The highest BCUT2D eigenvalue weighted by Gasteiger charge is 2.15. The van der Waals surface area contributed by atoms with Gasteiger partial charge >= 0.3 is 0 Å². The summed E-state index contributed by atoms with van der Waals surface area (Å²) in [5.41, 5.74) is 5.12. The lowest BCUT2D eigenvalue weighted by molar-refractivity contribution is 0.517. The lowest BCUT2D eigenvalue weighted by atomic mass is 10.0. The molecule has 7 heteroatoms. The molecule has 7 nitrogen and oxygen atoms in total. The van der Waals surface area contributed by atoms with Crippen molar-refractivity contribution in [3.8, 4) is 11.1 Å². The second-order valence-corrected chi connectivity index (χ2v) is 8.16. The van der Waals surface area contributed by atoms with Crippen LogP contribution >= 0.6 is 0 Å². The maximum atomic E-state index is 5.42. The van der Waals surface area contributed by atoms with E-state index >= 15 is 0 Å². The van der Waals surface area contributed by atoms with E-state index < -0.39 is 0 Å². The Kier molecular flexibility index (Phi) is 5.76. The Balaban J connectivity index is 1.38. The first-order valence-corrected chi connectivity index (χ1v) is 11.1. The number of imidazole rings is 1. The number of aromatic nitrogens is 4. The number of hydrogen-bond donors (Lipinski definition) is 2. The topological polar surface area (TPSA) is 80.8 Å². The summed E-state index contributed by atoms with van der Waals surface area (Å²) in [5, 5.41) is 6.72. The van der Waals surface area contributed by atoms with Gasteiger partial charge in [0, 0.05) is 12.6 Å². The van der Waals surface area contributed by atoms with Crippen molar-refractivity contribution in [2.24, 2.45) is 0 Å². The van der Waals surface area contributed by atoms with E-state index in [2.05, 4.69) is 82.6 Å². The first-order chi connectivity index (χ1) is 16.2. The van der Waals surface area contributed by atoms with Gasteiger partial charge in [0.25, 0.3) is 0 Å². The molecule has 5 aromatic rings. The van der Waals surface area contributed by atoms with E-state index in [0.717, 1.165) is 22.5 Å². The maximum Gasteiger partial charge on any atom is 0.227 e. The van der Waals surface area contributed by atoms with Crippen molar-refractivity contribution in [3.63, 3.8) is 0 Å². The summed E-state index contributed by atoms with van der Waals surface area (Å²) in [6, 6.07) is 23.0. The molecule has 0 aliphatic heterocycles. The van der Waals surface area contributed by atoms with Gasteiger partial charge in [-0.25, -0.2) is 4.98 Å². The van der Waals surface area contributed by atoms with E-state index in [-0.39, 0.29) is 6.04 Å². The van der Waals surface area contributed by atoms with Crippen LogP contribution in [-0.4, -0.2) is 19.5 Å². The van der Waals surface area contributed by atoms with Gasteiger partial charge in [-0.2, -0.15) is 9.97 Å². The highest BCUT2D eigenvalue weighted by Crippen LogP contribution is 2.25. The quantitative estimate of drug-likeness (QED) is 0.314. The highest BCUT2D eigenvalue weighted by molar-refractivity contribution is 5.84. The molecule has 0 amide bonds. The predicted molar refractivity (Wildman–Crippen MR) is 131 cm³/mol. The molecule has 0 aliphatic rings. The molecule has 33 heavy (non-hydrogen) atoms. The molecule has 2 aromatic carbocycles. The summed E-state index contributed by atoms with van der Waals surface area (Å²) in [7, 11) is 0. The molecular weight excluding hydrogens is 412 g/mol. The van der Waals surface area contributed by atoms with Gasteiger partial charge in [-0.1, -0.05) is 54.6 Å². The summed E-state index contributed by atoms with van der Waals surface area (Å²) in [4.78, 5) is 14.0. The van der Waals surface area contributed by atoms with Gasteiger partial charge in [0.05, 0.1) is 19.1 Å². The van der Waals surface area contributed by atoms with E-state index in [1.807, 2.05) is 24.5 Å². The summed E-state index contributed by atoms with van der Waals surface area (Å²) >= 11 is 0. The fourth-order valence-corrected chi connectivity index (χ4v) is 3.71. The molecule has 0 saturated carbocycles. The van der Waals surface area contributed by atoms with Gasteiger partial charge in [-0.3, -0.25) is 0 Å². The zero-order valence-electron chi connectivity index (χ0n) is 18.7. The van der Waals surface area contributed by atoms with Gasteiger partial charge in [0.1, 0.15) is 5.76 Å². The molecule has 0 atom stereocenters. The minimum Gasteiger partial charge on any atom is -0.467 e. The molecule has 0 saturated heterocycles. The predicted octanol–water partition coefficient (Wildman–Crippen LogP) is 5.89. The van der Waals surface area contributed by atoms with Gasteiger partial charge in [0.15, 0.2) is 17.0 Å². The summed E-state index contributed by atoms with van der Waals surface area (Å²) in [6.45, 7) is 5.36. The lowest BCUT2D eigenvalue weighted by Crippen LogP contribution is -2.09. The molecule has 0 unspecified atom stereocenters. The molecule has 166 valence electrons. The third-order valence-corrected chi connectivity index (χ3v) is 5.50. The molecular formula is C26H26N6O. The van der Waals surface area contributed by atoms with Crippen molar-refractivity contribution >= 4 is 22.9 Å². The number of benzene rings is 2. The third kappa shape index (κ3) is 4.57. The Morgan fingerprint density at radius 2 is 1.64 bits per heavy atom. The van der Waals surface area contributed by atoms with Crippen molar-refractivity contribution in [3.05, 3.63) is 90.6 Å². The smallest absolute Gasteiger partial charge is 0.227 e. The average Bonchev–Trinajstić information content (AvgIpc) is 3.52. The Morgan fingerprint density at radius 1 is 0.848 bits per heavy atom. The Labute approximate surface area is 192 Å². The van der Waals surface area contributed by atoms with Crippen molar-refractivity contribution in [1.29, 1.82) is 0 Å². The number of rotatable bonds is 8. The van der Waals surface area contributed by atoms with Crippen LogP contribution < -0.4 is 10.6 Å². The number of hydrogen-bond acceptors (Lipinski definition) is 6. The fraction of sp³-hybridized carbons (Fsp3) is 0.192. The van der Waals surface area contributed by atoms with Crippen LogP contribution in [0.15, 0.2) is 83.7 Å². The first-order valence-electron chi connectivity index (χ1n) is 11.1. The standard InChI is InChI=1S/C26H26N6O/c1-18(2)32-17-29-23-24(30-26(31-25(23)32)28-16-22-9-6-14-33-22)27-15-19-10-12-21(13-11-19)20-7-4-3-5-8-20/h3-14,17-18H,15-16H2,1-2H3,(H2,27,28,30,31). The van der Waals surface area contributed by atoms with Gasteiger partial charge in [-0.05, 0) is 42.7 Å². The average molecular weight is 439 g/mol. The monoisotopic (exact) mass is 438 g/mol. The van der Waals surface area contributed by atoms with Crippen LogP contribution in [0.5, 0.6) is 0 Å². The van der Waals surface area contributed by atoms with E-state index in [1.54, 1.807) is 6.26 Å². The Hall–Kier alpha value is -4.13. The number of furan rings is 1. The van der Waals surface area contributed by atoms with Gasteiger partial charge in [-0.15, -0.1) is 0 Å². The molecule has 3 aromatic heterocycles. The minimum absolute atomic E-state index is 0.237. The number of anilines is 2. The van der Waals surface area contributed by atoms with E-state index in [9.17, 15) is 0 Å². The molecule has 0 radical (unpaired) electrons. The van der Waals surface area contributed by atoms with Crippen LogP contribution in [0.4, 0.5) is 11.8 Å². The second-order valence-electron chi connectivity index (χ2n) is 8.16. The normalized spacial score (nSPS) is 11.2. The van der Waals surface area contributed by atoms with Crippen LogP contribution in [0.1, 0.15) is 31.2 Å². The van der Waals surface area contributed by atoms with Crippen LogP contribution in [0.3, 0.4) is 0 Å². The molecule has 5 rings (SSSR count). The van der Waals surface area contributed by atoms with E-state index in [0.29, 0.717) is 24.9 Å². The zero-order valence-corrected chi connectivity index (χ0v) is 18.7. The highest BCUT2D eigenvalue weighted by atomic mass is 16.3. The summed E-state index contributed by atoms with van der Waals surface area (Å²) in [5.74, 6) is 2.06. The maximum absolute atomic E-state index is 5.42. The van der Waals surface area contributed by atoms with Crippen LogP contribution in [0, 0.1) is 0 Å². The van der Waals surface area contributed by atoms with E-state index in [4.69, 9.17) is 14.4 Å². The summed E-state index contributed by atoms with van der Waals surface area (Å²) < 4.78 is 7.47. The zero-order chi connectivity index (χ0) is 22.6. The van der Waals surface area contributed by atoms with E-state index in [1.165, 1.54) is 11.1 Å². The van der Waals surface area contributed by atoms with Crippen LogP contribution in [-0.2, 0) is 13.1 Å². The number of nitrogens with zero attached hydrogens (tertiary/aromatic N) is 4. The first kappa shape index (κ1) is 20.8. The Bertz CT molecular complexity index is 1330.